The van der Waals surface area contributed by atoms with Crippen LogP contribution in [-0.4, -0.2) is 104 Å². The van der Waals surface area contributed by atoms with Gasteiger partial charge in [0.25, 0.3) is 0 Å². The molecule has 0 radical (unpaired) electrons. The van der Waals surface area contributed by atoms with Gasteiger partial charge < -0.3 is 30.1 Å². The minimum Gasteiger partial charge on any atom is -0.444 e. The van der Waals surface area contributed by atoms with E-state index in [2.05, 4.69) is 39.3 Å². The van der Waals surface area contributed by atoms with Crippen LogP contribution < -0.4 is 10.6 Å². The molecule has 1 atom stereocenters. The van der Waals surface area contributed by atoms with Gasteiger partial charge in [0.15, 0.2) is 5.96 Å². The molecule has 2 heterocycles. The van der Waals surface area contributed by atoms with Gasteiger partial charge in [0.05, 0.1) is 12.6 Å². The summed E-state index contributed by atoms with van der Waals surface area (Å²) in [5, 5.41) is 6.38. The molecular weight excluding hydrogens is 356 g/mol. The van der Waals surface area contributed by atoms with Crippen molar-refractivity contribution in [2.24, 2.45) is 4.99 Å². The number of amides is 1. The quantitative estimate of drug-likeness (QED) is 0.537. The fourth-order valence-corrected chi connectivity index (χ4v) is 3.59. The third-order valence-electron chi connectivity index (χ3n) is 5.03. The van der Waals surface area contributed by atoms with E-state index in [1.54, 1.807) is 0 Å². The lowest BCUT2D eigenvalue weighted by molar-refractivity contribution is 0.0507. The Morgan fingerprint density at radius 2 is 1.96 bits per heavy atom. The van der Waals surface area contributed by atoms with Crippen molar-refractivity contribution in [1.82, 2.24) is 25.3 Å². The summed E-state index contributed by atoms with van der Waals surface area (Å²) in [4.78, 5) is 24.0. The number of likely N-dealkylation sites (tertiary alicyclic amines) is 1. The first kappa shape index (κ1) is 22.7. The summed E-state index contributed by atoms with van der Waals surface area (Å²) in [6, 6.07) is 0.0971. The average Bonchev–Trinajstić information content (AvgIpc) is 2.94. The second-order valence-corrected chi connectivity index (χ2v) is 8.81. The number of alkyl carbamates (subject to hydrolysis) is 1. The molecular formula is C20H40N6O2. The van der Waals surface area contributed by atoms with Gasteiger partial charge >= 0.3 is 6.09 Å². The summed E-state index contributed by atoms with van der Waals surface area (Å²) in [6.45, 7) is 16.6. The van der Waals surface area contributed by atoms with Gasteiger partial charge in [-0.3, -0.25) is 4.99 Å². The van der Waals surface area contributed by atoms with Gasteiger partial charge in [0, 0.05) is 39.3 Å². The molecule has 2 saturated heterocycles. The van der Waals surface area contributed by atoms with Gasteiger partial charge in [0.1, 0.15) is 5.60 Å². The van der Waals surface area contributed by atoms with E-state index in [1.807, 2.05) is 20.8 Å². The maximum Gasteiger partial charge on any atom is 0.407 e. The molecule has 0 aromatic carbocycles. The maximum absolute atomic E-state index is 12.0. The molecule has 2 aliphatic heterocycles. The molecule has 0 saturated carbocycles. The lowest BCUT2D eigenvalue weighted by Crippen LogP contribution is -2.44. The lowest BCUT2D eigenvalue weighted by Gasteiger charge is -2.24. The van der Waals surface area contributed by atoms with Crippen LogP contribution >= 0.6 is 0 Å². The Hall–Kier alpha value is -1.54. The van der Waals surface area contributed by atoms with Gasteiger partial charge in [-0.1, -0.05) is 0 Å². The van der Waals surface area contributed by atoms with Crippen LogP contribution in [0.5, 0.6) is 0 Å². The Balaban J connectivity index is 1.80. The summed E-state index contributed by atoms with van der Waals surface area (Å²) in [6.07, 6.45) is 1.79. The van der Waals surface area contributed by atoms with Crippen LogP contribution in [0.4, 0.5) is 4.79 Å². The predicted molar refractivity (Wildman–Crippen MR) is 114 cm³/mol. The number of ether oxygens (including phenoxy) is 1. The summed E-state index contributed by atoms with van der Waals surface area (Å²) < 4.78 is 5.37. The average molecular weight is 397 g/mol. The van der Waals surface area contributed by atoms with Crippen molar-refractivity contribution in [3.05, 3.63) is 0 Å². The van der Waals surface area contributed by atoms with E-state index in [1.165, 1.54) is 13.0 Å². The Morgan fingerprint density at radius 3 is 2.68 bits per heavy atom. The molecule has 2 fully saturated rings. The molecule has 0 spiro atoms. The Morgan fingerprint density at radius 1 is 1.18 bits per heavy atom. The largest absolute Gasteiger partial charge is 0.444 e. The van der Waals surface area contributed by atoms with E-state index in [0.29, 0.717) is 0 Å². The number of hydrogen-bond donors (Lipinski definition) is 2. The highest BCUT2D eigenvalue weighted by Crippen LogP contribution is 2.12. The zero-order chi connectivity index (χ0) is 20.6. The first-order chi connectivity index (χ1) is 13.3. The van der Waals surface area contributed by atoms with E-state index in [4.69, 9.17) is 9.73 Å². The fraction of sp³-hybridized carbons (Fsp3) is 0.900. The number of hydrogen-bond acceptors (Lipinski definition) is 5. The van der Waals surface area contributed by atoms with Crippen LogP contribution in [0.2, 0.25) is 0 Å². The molecule has 0 bridgehead atoms. The molecule has 1 unspecified atom stereocenters. The van der Waals surface area contributed by atoms with Crippen LogP contribution in [0.15, 0.2) is 4.99 Å². The summed E-state index contributed by atoms with van der Waals surface area (Å²) >= 11 is 0. The second kappa shape index (κ2) is 10.9. The Bertz CT molecular complexity index is 519. The van der Waals surface area contributed by atoms with Gasteiger partial charge in [-0.2, -0.15) is 0 Å². The number of nitrogens with zero attached hydrogens (tertiary/aromatic N) is 4. The zero-order valence-electron chi connectivity index (χ0n) is 18.5. The van der Waals surface area contributed by atoms with Crippen LogP contribution in [0, 0.1) is 0 Å². The van der Waals surface area contributed by atoms with Gasteiger partial charge in [0.2, 0.25) is 0 Å². The van der Waals surface area contributed by atoms with Crippen LogP contribution in [0.25, 0.3) is 0 Å². The molecule has 0 aromatic heterocycles. The highest BCUT2D eigenvalue weighted by Gasteiger charge is 2.27. The lowest BCUT2D eigenvalue weighted by atomic mass is 10.2. The smallest absolute Gasteiger partial charge is 0.407 e. The number of rotatable bonds is 5. The molecule has 2 N–H and O–H groups in total. The van der Waals surface area contributed by atoms with Gasteiger partial charge in [-0.05, 0) is 60.7 Å². The Labute approximate surface area is 170 Å². The molecule has 2 aliphatic rings. The highest BCUT2D eigenvalue weighted by molar-refractivity contribution is 5.80. The van der Waals surface area contributed by atoms with Crippen molar-refractivity contribution in [3.8, 4) is 0 Å². The Kier molecular flexibility index (Phi) is 8.82. The van der Waals surface area contributed by atoms with E-state index in [-0.39, 0.29) is 12.1 Å². The highest BCUT2D eigenvalue weighted by atomic mass is 16.6. The molecule has 0 aliphatic carbocycles. The summed E-state index contributed by atoms with van der Waals surface area (Å²) in [5.41, 5.74) is -0.471. The third kappa shape index (κ3) is 8.22. The van der Waals surface area contributed by atoms with Crippen molar-refractivity contribution in [1.29, 1.82) is 0 Å². The van der Waals surface area contributed by atoms with Crippen molar-refractivity contribution in [3.63, 3.8) is 0 Å². The minimum atomic E-state index is -0.471. The summed E-state index contributed by atoms with van der Waals surface area (Å²) in [5.74, 6) is 0.947. The van der Waals surface area contributed by atoms with Gasteiger partial charge in [-0.25, -0.2) is 4.79 Å². The third-order valence-corrected chi connectivity index (χ3v) is 5.03. The van der Waals surface area contributed by atoms with E-state index >= 15 is 0 Å². The minimum absolute atomic E-state index is 0.0971. The number of carbonyl (C=O) groups excluding carboxylic acids is 1. The zero-order valence-corrected chi connectivity index (χ0v) is 18.5. The van der Waals surface area contributed by atoms with Crippen LogP contribution in [-0.2, 0) is 4.74 Å². The van der Waals surface area contributed by atoms with Crippen molar-refractivity contribution in [2.45, 2.75) is 52.2 Å². The fourth-order valence-electron chi connectivity index (χ4n) is 3.59. The van der Waals surface area contributed by atoms with E-state index in [0.717, 1.165) is 64.7 Å². The second-order valence-electron chi connectivity index (χ2n) is 8.81. The number of nitrogens with one attached hydrogen (secondary N) is 2. The standard InChI is InChI=1S/C20H40N6O2/c1-6-21-18(22-9-13-25-11-7-10-24(5)14-15-25)26-12-8-17(16-26)23-19(27)28-20(2,3)4/h17H,6-16H2,1-5H3,(H,21,22)(H,23,27). The van der Waals surface area contributed by atoms with Crippen molar-refractivity contribution >= 4 is 12.1 Å². The van der Waals surface area contributed by atoms with Gasteiger partial charge in [-0.15, -0.1) is 0 Å². The molecule has 2 rings (SSSR count). The topological polar surface area (TPSA) is 72.4 Å². The number of carbonyl (C=O) groups is 1. The van der Waals surface area contributed by atoms with Crippen molar-refractivity contribution in [2.75, 3.05) is 66.0 Å². The number of guanidine groups is 1. The maximum atomic E-state index is 12.0. The molecule has 8 heteroatoms. The van der Waals surface area contributed by atoms with Crippen molar-refractivity contribution < 1.29 is 9.53 Å². The van der Waals surface area contributed by atoms with Crippen LogP contribution in [0.1, 0.15) is 40.5 Å². The van der Waals surface area contributed by atoms with E-state index < -0.39 is 5.60 Å². The monoisotopic (exact) mass is 396 g/mol. The first-order valence-electron chi connectivity index (χ1n) is 10.7. The normalized spacial score (nSPS) is 22.8. The molecule has 0 aromatic rings. The first-order valence-corrected chi connectivity index (χ1v) is 10.7. The molecule has 8 nitrogen and oxygen atoms in total. The predicted octanol–water partition coefficient (Wildman–Crippen LogP) is 1.19. The van der Waals surface area contributed by atoms with Crippen LogP contribution in [0.3, 0.4) is 0 Å². The molecule has 162 valence electrons. The van der Waals surface area contributed by atoms with E-state index in [9.17, 15) is 4.79 Å². The SMILES string of the molecule is CCNC(=NCCN1CCCN(C)CC1)N1CCC(NC(=O)OC(C)(C)C)C1. The number of likely N-dealkylation sites (N-methyl/N-ethyl adjacent to an activating group) is 1. The summed E-state index contributed by atoms with van der Waals surface area (Å²) in [7, 11) is 2.19. The molecule has 28 heavy (non-hydrogen) atoms. The number of aliphatic imine (C=N–C) groups is 1. The molecule has 1 amide bonds.